The van der Waals surface area contributed by atoms with E-state index >= 15 is 0 Å². The molecule has 112 valence electrons. The Labute approximate surface area is 134 Å². The van der Waals surface area contributed by atoms with Crippen molar-refractivity contribution in [2.45, 2.75) is 33.2 Å². The average molecular weight is 350 g/mol. The normalized spacial score (nSPS) is 12.4. The maximum absolute atomic E-state index is 13.8. The zero-order valence-electron chi connectivity index (χ0n) is 12.7. The van der Waals surface area contributed by atoms with Gasteiger partial charge < -0.3 is 5.32 Å². The van der Waals surface area contributed by atoms with Crippen molar-refractivity contribution in [1.29, 1.82) is 0 Å². The van der Waals surface area contributed by atoms with Crippen LogP contribution in [0.15, 0.2) is 40.9 Å². The molecule has 0 aliphatic heterocycles. The molecule has 0 amide bonds. The Bertz CT molecular complexity index is 625. The van der Waals surface area contributed by atoms with E-state index in [0.29, 0.717) is 4.47 Å². The monoisotopic (exact) mass is 349 g/mol. The zero-order chi connectivity index (χ0) is 15.4. The van der Waals surface area contributed by atoms with Crippen LogP contribution in [0.5, 0.6) is 0 Å². The maximum Gasteiger partial charge on any atom is 0.137 e. The highest BCUT2D eigenvalue weighted by atomic mass is 79.9. The summed E-state index contributed by atoms with van der Waals surface area (Å²) in [4.78, 5) is 0. The van der Waals surface area contributed by atoms with Crippen molar-refractivity contribution in [3.63, 3.8) is 0 Å². The molecule has 1 nitrogen and oxygen atoms in total. The number of halogens is 2. The molecule has 2 aromatic rings. The second-order valence-corrected chi connectivity index (χ2v) is 6.27. The van der Waals surface area contributed by atoms with E-state index in [1.807, 2.05) is 6.07 Å². The van der Waals surface area contributed by atoms with Crippen molar-refractivity contribution >= 4 is 15.9 Å². The zero-order valence-corrected chi connectivity index (χ0v) is 14.3. The number of hydrogen-bond donors (Lipinski definition) is 1. The number of likely N-dealkylation sites (N-methyl/N-ethyl adjacent to an activating group) is 1. The van der Waals surface area contributed by atoms with E-state index in [2.05, 4.69) is 60.2 Å². The predicted octanol–water partition coefficient (Wildman–Crippen LogP) is 5.10. The van der Waals surface area contributed by atoms with Gasteiger partial charge in [0, 0.05) is 6.04 Å². The Morgan fingerprint density at radius 2 is 1.90 bits per heavy atom. The molecule has 0 aromatic heterocycles. The van der Waals surface area contributed by atoms with E-state index in [9.17, 15) is 4.39 Å². The lowest BCUT2D eigenvalue weighted by Crippen LogP contribution is -2.23. The first-order valence-electron chi connectivity index (χ1n) is 7.25. The molecule has 2 rings (SSSR count). The summed E-state index contributed by atoms with van der Waals surface area (Å²) in [6.45, 7) is 7.16. The Kier molecular flexibility index (Phi) is 5.54. The van der Waals surface area contributed by atoms with Gasteiger partial charge in [0.05, 0.1) is 4.47 Å². The largest absolute Gasteiger partial charge is 0.310 e. The highest BCUT2D eigenvalue weighted by Gasteiger charge is 2.14. The van der Waals surface area contributed by atoms with Crippen LogP contribution >= 0.6 is 15.9 Å². The van der Waals surface area contributed by atoms with Gasteiger partial charge in [-0.25, -0.2) is 4.39 Å². The molecular formula is C18H21BrFN. The van der Waals surface area contributed by atoms with E-state index in [1.54, 1.807) is 12.1 Å². The molecule has 0 bridgehead atoms. The molecule has 2 aromatic carbocycles. The van der Waals surface area contributed by atoms with Gasteiger partial charge in [-0.2, -0.15) is 0 Å². The number of nitrogens with one attached hydrogen (secondary N) is 1. The first-order chi connectivity index (χ1) is 10.0. The Morgan fingerprint density at radius 3 is 2.57 bits per heavy atom. The van der Waals surface area contributed by atoms with Crippen molar-refractivity contribution in [1.82, 2.24) is 5.32 Å². The fourth-order valence-electron chi connectivity index (χ4n) is 2.52. The fourth-order valence-corrected chi connectivity index (χ4v) is 2.77. The lowest BCUT2D eigenvalue weighted by molar-refractivity contribution is 0.541. The number of hydrogen-bond acceptors (Lipinski definition) is 1. The molecule has 3 heteroatoms. The van der Waals surface area contributed by atoms with Gasteiger partial charge in [-0.15, -0.1) is 0 Å². The Hall–Kier alpha value is -1.19. The molecule has 0 fully saturated rings. The van der Waals surface area contributed by atoms with Gasteiger partial charge in [-0.05, 0) is 71.6 Å². The second-order valence-electron chi connectivity index (χ2n) is 5.42. The third kappa shape index (κ3) is 4.14. The molecule has 1 N–H and O–H groups in total. The summed E-state index contributed by atoms with van der Waals surface area (Å²) < 4.78 is 14.3. The topological polar surface area (TPSA) is 12.0 Å². The molecule has 21 heavy (non-hydrogen) atoms. The van der Waals surface area contributed by atoms with Crippen LogP contribution in [0.1, 0.15) is 35.2 Å². The third-order valence-corrected chi connectivity index (χ3v) is 4.37. The minimum Gasteiger partial charge on any atom is -0.310 e. The van der Waals surface area contributed by atoms with Gasteiger partial charge in [0.25, 0.3) is 0 Å². The first kappa shape index (κ1) is 16.2. The second kappa shape index (κ2) is 7.19. The molecule has 0 radical (unpaired) electrons. The molecule has 0 heterocycles. The molecular weight excluding hydrogens is 329 g/mol. The lowest BCUT2D eigenvalue weighted by Gasteiger charge is -2.20. The predicted molar refractivity (Wildman–Crippen MR) is 90.1 cm³/mol. The van der Waals surface area contributed by atoms with Crippen LogP contribution < -0.4 is 5.32 Å². The maximum atomic E-state index is 13.8. The number of benzene rings is 2. The van der Waals surface area contributed by atoms with E-state index in [-0.39, 0.29) is 11.9 Å². The SMILES string of the molecule is CCNC(Cc1cc(C)ccc1C)c1ccc(Br)c(F)c1. The molecule has 0 saturated carbocycles. The quantitative estimate of drug-likeness (QED) is 0.791. The Balaban J connectivity index is 2.30. The average Bonchev–Trinajstić information content (AvgIpc) is 2.45. The van der Waals surface area contributed by atoms with Crippen molar-refractivity contribution in [3.8, 4) is 0 Å². The summed E-state index contributed by atoms with van der Waals surface area (Å²) in [6.07, 6.45) is 0.864. The summed E-state index contributed by atoms with van der Waals surface area (Å²) in [5, 5.41) is 3.46. The highest BCUT2D eigenvalue weighted by Crippen LogP contribution is 2.25. The van der Waals surface area contributed by atoms with Crippen molar-refractivity contribution < 1.29 is 4.39 Å². The summed E-state index contributed by atoms with van der Waals surface area (Å²) in [7, 11) is 0. The van der Waals surface area contributed by atoms with E-state index in [4.69, 9.17) is 0 Å². The standard InChI is InChI=1S/C18H21BrFN/c1-4-21-18(14-7-8-16(19)17(20)10-14)11-15-9-12(2)5-6-13(15)3/h5-10,18,21H,4,11H2,1-3H3. The van der Waals surface area contributed by atoms with E-state index in [1.165, 1.54) is 16.7 Å². The Morgan fingerprint density at radius 1 is 1.14 bits per heavy atom. The van der Waals surface area contributed by atoms with Gasteiger partial charge in [-0.3, -0.25) is 0 Å². The third-order valence-electron chi connectivity index (χ3n) is 3.73. The van der Waals surface area contributed by atoms with Crippen molar-refractivity contribution in [2.75, 3.05) is 6.54 Å². The molecule has 0 aliphatic rings. The summed E-state index contributed by atoms with van der Waals surface area (Å²) in [5.41, 5.74) is 4.83. The van der Waals surface area contributed by atoms with Crippen LogP contribution in [-0.4, -0.2) is 6.54 Å². The minimum absolute atomic E-state index is 0.123. The van der Waals surface area contributed by atoms with E-state index < -0.39 is 0 Å². The van der Waals surface area contributed by atoms with Crippen LogP contribution in [0.25, 0.3) is 0 Å². The molecule has 0 aliphatic carbocycles. The van der Waals surface area contributed by atoms with Gasteiger partial charge in [-0.1, -0.05) is 36.8 Å². The smallest absolute Gasteiger partial charge is 0.137 e. The van der Waals surface area contributed by atoms with Crippen LogP contribution in [0.2, 0.25) is 0 Å². The summed E-state index contributed by atoms with van der Waals surface area (Å²) in [5.74, 6) is -0.212. The molecule has 0 spiro atoms. The summed E-state index contributed by atoms with van der Waals surface area (Å²) in [6, 6.07) is 12.0. The van der Waals surface area contributed by atoms with Crippen LogP contribution in [-0.2, 0) is 6.42 Å². The van der Waals surface area contributed by atoms with Gasteiger partial charge in [0.1, 0.15) is 5.82 Å². The highest BCUT2D eigenvalue weighted by molar-refractivity contribution is 9.10. The fraction of sp³-hybridized carbons (Fsp3) is 0.333. The number of aryl methyl sites for hydroxylation is 2. The summed E-state index contributed by atoms with van der Waals surface area (Å²) >= 11 is 3.21. The minimum atomic E-state index is -0.212. The van der Waals surface area contributed by atoms with Crippen LogP contribution in [0.4, 0.5) is 4.39 Å². The van der Waals surface area contributed by atoms with Gasteiger partial charge >= 0.3 is 0 Å². The van der Waals surface area contributed by atoms with Gasteiger partial charge in [0.2, 0.25) is 0 Å². The van der Waals surface area contributed by atoms with Gasteiger partial charge in [0.15, 0.2) is 0 Å². The van der Waals surface area contributed by atoms with Crippen LogP contribution in [0.3, 0.4) is 0 Å². The lowest BCUT2D eigenvalue weighted by atomic mass is 9.95. The number of rotatable bonds is 5. The van der Waals surface area contributed by atoms with E-state index in [0.717, 1.165) is 18.5 Å². The van der Waals surface area contributed by atoms with Crippen molar-refractivity contribution in [2.24, 2.45) is 0 Å². The first-order valence-corrected chi connectivity index (χ1v) is 8.05. The molecule has 1 unspecified atom stereocenters. The molecule has 0 saturated heterocycles. The van der Waals surface area contributed by atoms with Crippen molar-refractivity contribution in [3.05, 3.63) is 68.9 Å². The molecule has 1 atom stereocenters. The van der Waals surface area contributed by atoms with Crippen LogP contribution in [0, 0.1) is 19.7 Å².